The summed E-state index contributed by atoms with van der Waals surface area (Å²) in [6, 6.07) is 5.39. The summed E-state index contributed by atoms with van der Waals surface area (Å²) < 4.78 is 28.9. The average Bonchev–Trinajstić information content (AvgIpc) is 2.28. The Balaban J connectivity index is 3.12. The lowest BCUT2D eigenvalue weighted by atomic mass is 10.1. The minimum atomic E-state index is -3.13. The molecule has 1 rings (SSSR count). The monoisotopic (exact) mass is 257 g/mol. The molecule has 1 aromatic carbocycles. The first kappa shape index (κ1) is 14.0. The van der Waals surface area contributed by atoms with Crippen LogP contribution in [0.4, 0.5) is 0 Å². The fraction of sp³-hybridized carbons (Fsp3) is 0.500. The molecule has 0 saturated carbocycles. The summed E-state index contributed by atoms with van der Waals surface area (Å²) in [4.78, 5) is 0. The van der Waals surface area contributed by atoms with Crippen molar-refractivity contribution >= 4 is 9.84 Å². The smallest absolute Gasteiger partial charge is 0.156 e. The van der Waals surface area contributed by atoms with Gasteiger partial charge in [0.2, 0.25) is 0 Å². The van der Waals surface area contributed by atoms with E-state index in [1.54, 1.807) is 26.0 Å². The van der Waals surface area contributed by atoms with E-state index >= 15 is 0 Å². The van der Waals surface area contributed by atoms with Crippen LogP contribution >= 0.6 is 0 Å². The average molecular weight is 257 g/mol. The van der Waals surface area contributed by atoms with Crippen molar-refractivity contribution in [1.29, 1.82) is 0 Å². The lowest BCUT2D eigenvalue weighted by Crippen LogP contribution is -2.16. The summed E-state index contributed by atoms with van der Waals surface area (Å²) in [7, 11) is -1.60. The zero-order chi connectivity index (χ0) is 13.1. The van der Waals surface area contributed by atoms with Gasteiger partial charge in [0.25, 0.3) is 0 Å². The van der Waals surface area contributed by atoms with E-state index < -0.39 is 15.1 Å². The molecule has 0 bridgehead atoms. The Morgan fingerprint density at radius 3 is 2.47 bits per heavy atom. The van der Waals surface area contributed by atoms with E-state index in [4.69, 9.17) is 10.5 Å². The molecular weight excluding hydrogens is 238 g/mol. The molecule has 17 heavy (non-hydrogen) atoms. The van der Waals surface area contributed by atoms with Crippen molar-refractivity contribution in [3.63, 3.8) is 0 Å². The third-order valence-electron chi connectivity index (χ3n) is 2.66. The Labute approximate surface area is 103 Å². The fourth-order valence-corrected chi connectivity index (χ4v) is 2.45. The van der Waals surface area contributed by atoms with Crippen LogP contribution in [0.1, 0.15) is 25.0 Å². The second-order valence-electron chi connectivity index (χ2n) is 4.21. The van der Waals surface area contributed by atoms with Gasteiger partial charge in [0.05, 0.1) is 18.1 Å². The van der Waals surface area contributed by atoms with Gasteiger partial charge in [-0.15, -0.1) is 0 Å². The molecule has 4 nitrogen and oxygen atoms in total. The summed E-state index contributed by atoms with van der Waals surface area (Å²) in [5.41, 5.74) is 7.12. The molecule has 0 amide bonds. The van der Waals surface area contributed by atoms with Gasteiger partial charge in [0, 0.05) is 12.1 Å². The highest BCUT2D eigenvalue weighted by Crippen LogP contribution is 2.23. The maximum atomic E-state index is 11.9. The topological polar surface area (TPSA) is 69.4 Å². The van der Waals surface area contributed by atoms with Gasteiger partial charge < -0.3 is 10.5 Å². The molecule has 0 saturated heterocycles. The first-order chi connectivity index (χ1) is 7.90. The highest BCUT2D eigenvalue weighted by molar-refractivity contribution is 7.91. The molecule has 0 aliphatic heterocycles. The molecule has 5 heteroatoms. The van der Waals surface area contributed by atoms with E-state index in [-0.39, 0.29) is 5.75 Å². The van der Waals surface area contributed by atoms with Crippen molar-refractivity contribution < 1.29 is 13.2 Å². The second kappa shape index (κ2) is 5.51. The highest BCUT2D eigenvalue weighted by Gasteiger charge is 2.19. The summed E-state index contributed by atoms with van der Waals surface area (Å²) in [6.07, 6.45) is 0. The van der Waals surface area contributed by atoms with Gasteiger partial charge in [-0.1, -0.05) is 6.07 Å². The van der Waals surface area contributed by atoms with Crippen LogP contribution in [0.2, 0.25) is 0 Å². The molecule has 0 aliphatic rings. The number of benzene rings is 1. The van der Waals surface area contributed by atoms with E-state index in [0.29, 0.717) is 17.9 Å². The molecule has 0 fully saturated rings. The Hall–Kier alpha value is -1.07. The van der Waals surface area contributed by atoms with Crippen LogP contribution in [-0.2, 0) is 22.1 Å². The molecule has 0 atom stereocenters. The van der Waals surface area contributed by atoms with Gasteiger partial charge in [0.1, 0.15) is 5.75 Å². The minimum absolute atomic E-state index is 0.0122. The minimum Gasteiger partial charge on any atom is -0.496 e. The number of nitrogens with two attached hydrogens (primary N) is 1. The van der Waals surface area contributed by atoms with Gasteiger partial charge in [-0.25, -0.2) is 8.42 Å². The van der Waals surface area contributed by atoms with Crippen LogP contribution < -0.4 is 10.5 Å². The van der Waals surface area contributed by atoms with Crippen molar-refractivity contribution in [2.75, 3.05) is 7.11 Å². The van der Waals surface area contributed by atoms with Crippen LogP contribution in [0.3, 0.4) is 0 Å². The predicted octanol–water partition coefficient (Wildman–Crippen LogP) is 1.48. The summed E-state index contributed by atoms with van der Waals surface area (Å²) in [5, 5.41) is -0.395. The van der Waals surface area contributed by atoms with E-state index in [1.807, 2.05) is 6.07 Å². The standard InChI is InChI=1S/C12H19NO3S/c1-9(2)17(14,15)8-11-6-10(7-13)4-5-12(11)16-3/h4-6,9H,7-8,13H2,1-3H3. The fourth-order valence-electron chi connectivity index (χ4n) is 1.46. The molecule has 0 radical (unpaired) electrons. The summed E-state index contributed by atoms with van der Waals surface area (Å²) in [5.74, 6) is 0.577. The van der Waals surface area contributed by atoms with Crippen LogP contribution in [0.15, 0.2) is 18.2 Å². The first-order valence-corrected chi connectivity index (χ1v) is 7.19. The number of sulfone groups is 1. The molecule has 0 aliphatic carbocycles. The molecule has 1 aromatic rings. The van der Waals surface area contributed by atoms with Crippen LogP contribution in [-0.4, -0.2) is 20.8 Å². The number of ether oxygens (including phenoxy) is 1. The Bertz CT molecular complexity index is 481. The molecular formula is C12H19NO3S. The molecule has 2 N–H and O–H groups in total. The van der Waals surface area contributed by atoms with Gasteiger partial charge in [-0.2, -0.15) is 0 Å². The third-order valence-corrected chi connectivity index (χ3v) is 4.81. The molecule has 0 heterocycles. The molecule has 96 valence electrons. The maximum Gasteiger partial charge on any atom is 0.156 e. The SMILES string of the molecule is COc1ccc(CN)cc1CS(=O)(=O)C(C)C. The largest absolute Gasteiger partial charge is 0.496 e. The van der Waals surface area contributed by atoms with Gasteiger partial charge in [-0.3, -0.25) is 0 Å². The lowest BCUT2D eigenvalue weighted by molar-refractivity contribution is 0.410. The Morgan fingerprint density at radius 1 is 1.35 bits per heavy atom. The van der Waals surface area contributed by atoms with Crippen molar-refractivity contribution in [1.82, 2.24) is 0 Å². The zero-order valence-corrected chi connectivity index (χ0v) is 11.3. The number of methoxy groups -OCH3 is 1. The molecule has 0 unspecified atom stereocenters. The van der Waals surface area contributed by atoms with Crippen molar-refractivity contribution in [3.05, 3.63) is 29.3 Å². The van der Waals surface area contributed by atoms with Crippen molar-refractivity contribution in [2.45, 2.75) is 31.4 Å². The van der Waals surface area contributed by atoms with Crippen molar-refractivity contribution in [3.8, 4) is 5.75 Å². The quantitative estimate of drug-likeness (QED) is 0.867. The van der Waals surface area contributed by atoms with E-state index in [0.717, 1.165) is 5.56 Å². The number of hydrogen-bond donors (Lipinski definition) is 1. The van der Waals surface area contributed by atoms with E-state index in [9.17, 15) is 8.42 Å². The van der Waals surface area contributed by atoms with Crippen LogP contribution in [0, 0.1) is 0 Å². The number of hydrogen-bond acceptors (Lipinski definition) is 4. The van der Waals surface area contributed by atoms with Gasteiger partial charge >= 0.3 is 0 Å². The maximum absolute atomic E-state index is 11.9. The second-order valence-corrected chi connectivity index (χ2v) is 6.76. The van der Waals surface area contributed by atoms with E-state index in [2.05, 4.69) is 0 Å². The summed E-state index contributed by atoms with van der Waals surface area (Å²) in [6.45, 7) is 3.74. The number of rotatable bonds is 5. The van der Waals surface area contributed by atoms with Gasteiger partial charge in [-0.05, 0) is 31.5 Å². The third kappa shape index (κ3) is 3.44. The van der Waals surface area contributed by atoms with Crippen LogP contribution in [0.25, 0.3) is 0 Å². The molecule has 0 spiro atoms. The van der Waals surface area contributed by atoms with Crippen molar-refractivity contribution in [2.24, 2.45) is 5.73 Å². The molecule has 0 aromatic heterocycles. The Kier molecular flexibility index (Phi) is 4.54. The van der Waals surface area contributed by atoms with Crippen LogP contribution in [0.5, 0.6) is 5.75 Å². The van der Waals surface area contributed by atoms with Gasteiger partial charge in [0.15, 0.2) is 9.84 Å². The first-order valence-electron chi connectivity index (χ1n) is 5.48. The lowest BCUT2D eigenvalue weighted by Gasteiger charge is -2.12. The zero-order valence-electron chi connectivity index (χ0n) is 10.4. The summed E-state index contributed by atoms with van der Waals surface area (Å²) >= 11 is 0. The highest BCUT2D eigenvalue weighted by atomic mass is 32.2. The Morgan fingerprint density at radius 2 is 2.00 bits per heavy atom. The van der Waals surface area contributed by atoms with E-state index in [1.165, 1.54) is 7.11 Å². The predicted molar refractivity (Wildman–Crippen MR) is 68.6 cm³/mol. The normalized spacial score (nSPS) is 11.8.